The van der Waals surface area contributed by atoms with Gasteiger partial charge in [-0.25, -0.2) is 0 Å². The smallest absolute Gasteiger partial charge is 0.209 e. The standard InChI is InChI=1S/C17H19N3O/c1-12-3-4-14(9-18-12)16-7-13(2)19-17(8-16)15-5-6-20(10-15)11-21/h3-4,7-9,11,15H,5-6,10H2,1-2H3. The summed E-state index contributed by atoms with van der Waals surface area (Å²) in [6.45, 7) is 5.59. The van der Waals surface area contributed by atoms with Gasteiger partial charge in [0.25, 0.3) is 0 Å². The number of likely N-dealkylation sites (tertiary alicyclic amines) is 1. The lowest BCUT2D eigenvalue weighted by Gasteiger charge is -2.13. The molecule has 21 heavy (non-hydrogen) atoms. The largest absolute Gasteiger partial charge is 0.345 e. The van der Waals surface area contributed by atoms with Gasteiger partial charge in [-0.2, -0.15) is 0 Å². The molecule has 1 atom stereocenters. The zero-order chi connectivity index (χ0) is 14.8. The highest BCUT2D eigenvalue weighted by molar-refractivity contribution is 5.63. The number of nitrogens with zero attached hydrogens (tertiary/aromatic N) is 3. The Kier molecular flexibility index (Phi) is 3.69. The van der Waals surface area contributed by atoms with E-state index in [4.69, 9.17) is 0 Å². The lowest BCUT2D eigenvalue weighted by molar-refractivity contribution is -0.117. The number of aryl methyl sites for hydroxylation is 2. The van der Waals surface area contributed by atoms with Gasteiger partial charge in [-0.1, -0.05) is 6.07 Å². The molecule has 1 aliphatic rings. The highest BCUT2D eigenvalue weighted by atomic mass is 16.1. The molecule has 4 heteroatoms. The van der Waals surface area contributed by atoms with Gasteiger partial charge in [-0.05, 0) is 44.0 Å². The average molecular weight is 281 g/mol. The Labute approximate surface area is 124 Å². The molecule has 1 aliphatic heterocycles. The van der Waals surface area contributed by atoms with Crippen LogP contribution in [0.4, 0.5) is 0 Å². The summed E-state index contributed by atoms with van der Waals surface area (Å²) in [6, 6.07) is 8.34. The van der Waals surface area contributed by atoms with Crippen LogP contribution in [0.15, 0.2) is 30.5 Å². The molecule has 1 saturated heterocycles. The second-order valence-corrected chi connectivity index (χ2v) is 5.70. The maximum absolute atomic E-state index is 10.9. The molecule has 0 aliphatic carbocycles. The van der Waals surface area contributed by atoms with Gasteiger partial charge in [-0.15, -0.1) is 0 Å². The van der Waals surface area contributed by atoms with Crippen molar-refractivity contribution in [3.05, 3.63) is 47.5 Å². The molecule has 1 unspecified atom stereocenters. The van der Waals surface area contributed by atoms with Crippen LogP contribution in [0.5, 0.6) is 0 Å². The van der Waals surface area contributed by atoms with Gasteiger partial charge in [0, 0.05) is 47.8 Å². The summed E-state index contributed by atoms with van der Waals surface area (Å²) in [6.07, 6.45) is 3.82. The first-order valence-electron chi connectivity index (χ1n) is 7.26. The Morgan fingerprint density at radius 1 is 1.19 bits per heavy atom. The van der Waals surface area contributed by atoms with Crippen molar-refractivity contribution < 1.29 is 4.79 Å². The zero-order valence-electron chi connectivity index (χ0n) is 12.4. The molecule has 2 aromatic heterocycles. The molecular formula is C17H19N3O. The van der Waals surface area contributed by atoms with Crippen LogP contribution >= 0.6 is 0 Å². The highest BCUT2D eigenvalue weighted by Gasteiger charge is 2.24. The van der Waals surface area contributed by atoms with Crippen molar-refractivity contribution in [1.82, 2.24) is 14.9 Å². The third-order valence-electron chi connectivity index (χ3n) is 4.00. The highest BCUT2D eigenvalue weighted by Crippen LogP contribution is 2.29. The molecule has 0 spiro atoms. The SMILES string of the molecule is Cc1ccc(-c2cc(C)nc(C3CCN(C=O)C3)c2)cn1. The van der Waals surface area contributed by atoms with Crippen molar-refractivity contribution in [2.75, 3.05) is 13.1 Å². The first-order chi connectivity index (χ1) is 10.2. The molecular weight excluding hydrogens is 262 g/mol. The van der Waals surface area contributed by atoms with E-state index in [9.17, 15) is 4.79 Å². The fourth-order valence-electron chi connectivity index (χ4n) is 2.83. The molecule has 108 valence electrons. The van der Waals surface area contributed by atoms with Crippen LogP contribution in [0.3, 0.4) is 0 Å². The van der Waals surface area contributed by atoms with E-state index in [0.717, 1.165) is 54.1 Å². The van der Waals surface area contributed by atoms with Gasteiger partial charge in [-0.3, -0.25) is 14.8 Å². The van der Waals surface area contributed by atoms with Crippen molar-refractivity contribution in [3.63, 3.8) is 0 Å². The number of pyridine rings is 2. The van der Waals surface area contributed by atoms with Crippen LogP contribution in [0.2, 0.25) is 0 Å². The minimum Gasteiger partial charge on any atom is -0.345 e. The molecule has 0 radical (unpaired) electrons. The number of carbonyl (C=O) groups excluding carboxylic acids is 1. The fourth-order valence-corrected chi connectivity index (χ4v) is 2.83. The number of hydrogen-bond acceptors (Lipinski definition) is 3. The molecule has 4 nitrogen and oxygen atoms in total. The van der Waals surface area contributed by atoms with E-state index in [1.807, 2.05) is 31.0 Å². The molecule has 3 heterocycles. The van der Waals surface area contributed by atoms with E-state index < -0.39 is 0 Å². The fraction of sp³-hybridized carbons (Fsp3) is 0.353. The quantitative estimate of drug-likeness (QED) is 0.813. The van der Waals surface area contributed by atoms with Gasteiger partial charge in [0.05, 0.1) is 0 Å². The van der Waals surface area contributed by atoms with Crippen LogP contribution in [0, 0.1) is 13.8 Å². The predicted octanol–water partition coefficient (Wildman–Crippen LogP) is 2.71. The summed E-state index contributed by atoms with van der Waals surface area (Å²) in [5.41, 5.74) is 5.36. The summed E-state index contributed by atoms with van der Waals surface area (Å²) < 4.78 is 0. The number of rotatable bonds is 3. The Bertz CT molecular complexity index is 652. The molecule has 0 bridgehead atoms. The normalized spacial score (nSPS) is 18.0. The molecule has 1 amide bonds. The Hall–Kier alpha value is -2.23. The molecule has 3 rings (SSSR count). The Morgan fingerprint density at radius 3 is 2.71 bits per heavy atom. The van der Waals surface area contributed by atoms with Gasteiger partial charge in [0.2, 0.25) is 6.41 Å². The summed E-state index contributed by atoms with van der Waals surface area (Å²) >= 11 is 0. The Balaban J connectivity index is 1.93. The number of aromatic nitrogens is 2. The van der Waals surface area contributed by atoms with Gasteiger partial charge in [0.1, 0.15) is 0 Å². The first kappa shape index (κ1) is 13.7. The third kappa shape index (κ3) is 2.94. The monoisotopic (exact) mass is 281 g/mol. The predicted molar refractivity (Wildman–Crippen MR) is 81.9 cm³/mol. The van der Waals surface area contributed by atoms with Gasteiger partial charge >= 0.3 is 0 Å². The average Bonchev–Trinajstić information content (AvgIpc) is 2.96. The van der Waals surface area contributed by atoms with Crippen LogP contribution < -0.4 is 0 Å². The minimum absolute atomic E-state index is 0.340. The van der Waals surface area contributed by atoms with Crippen molar-refractivity contribution >= 4 is 6.41 Å². The van der Waals surface area contributed by atoms with E-state index in [-0.39, 0.29) is 0 Å². The van der Waals surface area contributed by atoms with E-state index in [1.165, 1.54) is 0 Å². The number of carbonyl (C=O) groups is 1. The van der Waals surface area contributed by atoms with Crippen LogP contribution in [-0.2, 0) is 4.79 Å². The van der Waals surface area contributed by atoms with Gasteiger partial charge in [0.15, 0.2) is 0 Å². The van der Waals surface area contributed by atoms with Crippen LogP contribution in [0.1, 0.15) is 29.4 Å². The molecule has 1 fully saturated rings. The number of amides is 1. The molecule has 2 aromatic rings. The van der Waals surface area contributed by atoms with Crippen LogP contribution in [0.25, 0.3) is 11.1 Å². The second kappa shape index (κ2) is 5.64. The summed E-state index contributed by atoms with van der Waals surface area (Å²) in [7, 11) is 0. The zero-order valence-corrected chi connectivity index (χ0v) is 12.4. The lowest BCUT2D eigenvalue weighted by atomic mass is 9.99. The second-order valence-electron chi connectivity index (χ2n) is 5.70. The number of hydrogen-bond donors (Lipinski definition) is 0. The van der Waals surface area contributed by atoms with Crippen molar-refractivity contribution in [2.24, 2.45) is 0 Å². The van der Waals surface area contributed by atoms with Crippen molar-refractivity contribution in [3.8, 4) is 11.1 Å². The maximum Gasteiger partial charge on any atom is 0.209 e. The maximum atomic E-state index is 10.9. The first-order valence-corrected chi connectivity index (χ1v) is 7.26. The lowest BCUT2D eigenvalue weighted by Crippen LogP contribution is -2.17. The Morgan fingerprint density at radius 2 is 2.05 bits per heavy atom. The third-order valence-corrected chi connectivity index (χ3v) is 4.00. The van der Waals surface area contributed by atoms with E-state index in [0.29, 0.717) is 5.92 Å². The molecule has 0 N–H and O–H groups in total. The van der Waals surface area contributed by atoms with E-state index in [2.05, 4.69) is 28.2 Å². The van der Waals surface area contributed by atoms with Gasteiger partial charge < -0.3 is 4.90 Å². The topological polar surface area (TPSA) is 46.1 Å². The van der Waals surface area contributed by atoms with Crippen LogP contribution in [-0.4, -0.2) is 34.4 Å². The van der Waals surface area contributed by atoms with Crippen molar-refractivity contribution in [1.29, 1.82) is 0 Å². The van der Waals surface area contributed by atoms with E-state index >= 15 is 0 Å². The summed E-state index contributed by atoms with van der Waals surface area (Å²) in [5.74, 6) is 0.340. The molecule has 0 aromatic carbocycles. The minimum atomic E-state index is 0.340. The van der Waals surface area contributed by atoms with E-state index in [1.54, 1.807) is 0 Å². The van der Waals surface area contributed by atoms with Crippen molar-refractivity contribution in [2.45, 2.75) is 26.2 Å². The summed E-state index contributed by atoms with van der Waals surface area (Å²) in [5, 5.41) is 0. The molecule has 0 saturated carbocycles. The summed E-state index contributed by atoms with van der Waals surface area (Å²) in [4.78, 5) is 21.7.